The fourth-order valence-electron chi connectivity index (χ4n) is 2.55. The molecule has 11 heteroatoms. The molecule has 0 saturated heterocycles. The summed E-state index contributed by atoms with van der Waals surface area (Å²) in [6.45, 7) is -0.764. The molecule has 0 aromatic heterocycles. The second-order valence-electron chi connectivity index (χ2n) is 6.32. The maximum absolute atomic E-state index is 12.7. The summed E-state index contributed by atoms with van der Waals surface area (Å²) in [4.78, 5) is 24.1. The van der Waals surface area contributed by atoms with Gasteiger partial charge in [0.05, 0.1) is 31.4 Å². The van der Waals surface area contributed by atoms with Crippen molar-refractivity contribution in [3.05, 3.63) is 54.1 Å². The molecule has 1 atom stereocenters. The first-order valence-corrected chi connectivity index (χ1v) is 10.3. The first kappa shape index (κ1) is 23.1. The number of sulfone groups is 1. The zero-order chi connectivity index (χ0) is 22.4. The molecule has 0 spiro atoms. The van der Waals surface area contributed by atoms with Crippen LogP contribution in [0.2, 0.25) is 0 Å². The first-order valence-electron chi connectivity index (χ1n) is 8.61. The van der Waals surface area contributed by atoms with E-state index in [1.165, 1.54) is 68.2 Å². The fourth-order valence-corrected chi connectivity index (χ4v) is 4.13. The third-order valence-electron chi connectivity index (χ3n) is 4.27. The highest BCUT2D eigenvalue weighted by Crippen LogP contribution is 2.20. The molecule has 4 N–H and O–H groups in total. The minimum absolute atomic E-state index is 0.172. The molecule has 0 radical (unpaired) electrons. The highest BCUT2D eigenvalue weighted by Gasteiger charge is 2.41. The Bertz CT molecular complexity index is 990. The molecule has 162 valence electrons. The van der Waals surface area contributed by atoms with Gasteiger partial charge in [-0.25, -0.2) is 13.9 Å². The first-order chi connectivity index (χ1) is 14.1. The van der Waals surface area contributed by atoms with Gasteiger partial charge in [-0.1, -0.05) is 0 Å². The predicted molar refractivity (Wildman–Crippen MR) is 105 cm³/mol. The summed E-state index contributed by atoms with van der Waals surface area (Å²) >= 11 is 0. The summed E-state index contributed by atoms with van der Waals surface area (Å²) in [5, 5.41) is 21.9. The molecule has 0 bridgehead atoms. The van der Waals surface area contributed by atoms with Crippen molar-refractivity contribution in [2.45, 2.75) is 10.5 Å². The Morgan fingerprint density at radius 3 is 1.93 bits per heavy atom. The number of nitrogens with one attached hydrogen (secondary N) is 2. The highest BCUT2D eigenvalue weighted by molar-refractivity contribution is 7.91. The van der Waals surface area contributed by atoms with E-state index in [-0.39, 0.29) is 10.5 Å². The summed E-state index contributed by atoms with van der Waals surface area (Å²) in [5.74, 6) is -2.18. The van der Waals surface area contributed by atoms with Gasteiger partial charge < -0.3 is 19.9 Å². The van der Waals surface area contributed by atoms with Crippen molar-refractivity contribution in [3.63, 3.8) is 0 Å². The molecule has 30 heavy (non-hydrogen) atoms. The molecule has 0 aliphatic heterocycles. The quantitative estimate of drug-likeness (QED) is 0.319. The third-order valence-corrected chi connectivity index (χ3v) is 6.11. The number of carbonyl (C=O) groups excluding carboxylic acids is 2. The van der Waals surface area contributed by atoms with Gasteiger partial charge in [0.25, 0.3) is 11.8 Å². The highest BCUT2D eigenvalue weighted by atomic mass is 32.2. The number of benzene rings is 2. The van der Waals surface area contributed by atoms with Crippen LogP contribution in [0, 0.1) is 0 Å². The molecule has 2 amide bonds. The zero-order valence-electron chi connectivity index (χ0n) is 16.3. The van der Waals surface area contributed by atoms with Gasteiger partial charge in [-0.15, -0.1) is 0 Å². The normalized spacial score (nSPS) is 13.1. The molecule has 2 rings (SSSR count). The number of aliphatic hydroxyl groups is 1. The Balaban J connectivity index is 2.19. The van der Waals surface area contributed by atoms with E-state index in [1.54, 1.807) is 0 Å². The van der Waals surface area contributed by atoms with Crippen molar-refractivity contribution >= 4 is 21.7 Å². The van der Waals surface area contributed by atoms with E-state index < -0.39 is 39.6 Å². The number of hydrogen-bond donors (Lipinski definition) is 4. The Morgan fingerprint density at radius 2 is 1.47 bits per heavy atom. The lowest BCUT2D eigenvalue weighted by molar-refractivity contribution is -0.146. The number of hydrogen-bond acceptors (Lipinski definition) is 8. The van der Waals surface area contributed by atoms with Crippen LogP contribution in [0.5, 0.6) is 11.5 Å². The van der Waals surface area contributed by atoms with Crippen molar-refractivity contribution < 1.29 is 37.8 Å². The van der Waals surface area contributed by atoms with Gasteiger partial charge in [0.1, 0.15) is 11.5 Å². The van der Waals surface area contributed by atoms with Crippen LogP contribution in [-0.4, -0.2) is 62.7 Å². The van der Waals surface area contributed by atoms with E-state index in [1.807, 2.05) is 0 Å². The Labute approximate surface area is 173 Å². The van der Waals surface area contributed by atoms with Crippen LogP contribution in [0.25, 0.3) is 0 Å². The van der Waals surface area contributed by atoms with E-state index >= 15 is 0 Å². The van der Waals surface area contributed by atoms with Crippen LogP contribution in [0.1, 0.15) is 10.4 Å². The van der Waals surface area contributed by atoms with Crippen molar-refractivity contribution in [2.24, 2.45) is 0 Å². The van der Waals surface area contributed by atoms with Crippen molar-refractivity contribution in [3.8, 4) is 11.5 Å². The standard InChI is InChI=1S/C19H22N2O8S/c1-28-14-5-3-13(4-6-14)17(22)20-11-19(24,18(23)21-25)12-30(26,27)16-9-7-15(29-2)8-10-16/h3-10,24-25H,11-12H2,1-2H3,(H,20,22)(H,21,23). The van der Waals surface area contributed by atoms with Gasteiger partial charge in [0.2, 0.25) is 0 Å². The maximum atomic E-state index is 12.7. The lowest BCUT2D eigenvalue weighted by Crippen LogP contribution is -2.57. The molecule has 10 nitrogen and oxygen atoms in total. The number of hydroxylamine groups is 1. The lowest BCUT2D eigenvalue weighted by Gasteiger charge is -2.25. The molecule has 2 aromatic rings. The van der Waals surface area contributed by atoms with Crippen LogP contribution < -0.4 is 20.3 Å². The molecule has 2 aromatic carbocycles. The summed E-state index contributed by atoms with van der Waals surface area (Å²) in [5.41, 5.74) is -1.20. The van der Waals surface area contributed by atoms with Crippen LogP contribution >= 0.6 is 0 Å². The minimum Gasteiger partial charge on any atom is -0.497 e. The summed E-state index contributed by atoms with van der Waals surface area (Å²) in [7, 11) is -1.28. The number of amides is 2. The van der Waals surface area contributed by atoms with E-state index in [2.05, 4.69) is 5.32 Å². The summed E-state index contributed by atoms with van der Waals surface area (Å²) in [6.07, 6.45) is 0. The number of rotatable bonds is 9. The second-order valence-corrected chi connectivity index (χ2v) is 8.31. The monoisotopic (exact) mass is 438 g/mol. The van der Waals surface area contributed by atoms with E-state index in [4.69, 9.17) is 14.7 Å². The van der Waals surface area contributed by atoms with E-state index in [0.29, 0.717) is 11.5 Å². The number of methoxy groups -OCH3 is 2. The lowest BCUT2D eigenvalue weighted by atomic mass is 10.1. The van der Waals surface area contributed by atoms with Gasteiger partial charge in [0.15, 0.2) is 15.4 Å². The van der Waals surface area contributed by atoms with Crippen LogP contribution in [0.3, 0.4) is 0 Å². The molecule has 0 heterocycles. The Kier molecular flexibility index (Phi) is 7.38. The summed E-state index contributed by atoms with van der Waals surface area (Å²) in [6, 6.07) is 11.3. The molecular formula is C19H22N2O8S. The van der Waals surface area contributed by atoms with Gasteiger partial charge >= 0.3 is 0 Å². The average Bonchev–Trinajstić information content (AvgIpc) is 2.76. The topological polar surface area (TPSA) is 151 Å². The molecule has 0 saturated carbocycles. The third kappa shape index (κ3) is 5.47. The van der Waals surface area contributed by atoms with E-state index in [0.717, 1.165) is 0 Å². The van der Waals surface area contributed by atoms with Crippen LogP contribution in [0.4, 0.5) is 0 Å². The SMILES string of the molecule is COc1ccc(C(=O)NCC(O)(CS(=O)(=O)c2ccc(OC)cc2)C(=O)NO)cc1. The van der Waals surface area contributed by atoms with Gasteiger partial charge in [-0.2, -0.15) is 0 Å². The number of ether oxygens (including phenoxy) is 2. The maximum Gasteiger partial charge on any atom is 0.278 e. The predicted octanol–water partition coefficient (Wildman–Crippen LogP) is 0.144. The zero-order valence-corrected chi connectivity index (χ0v) is 17.1. The fraction of sp³-hybridized carbons (Fsp3) is 0.263. The molecule has 1 unspecified atom stereocenters. The largest absolute Gasteiger partial charge is 0.497 e. The number of carbonyl (C=O) groups is 2. The van der Waals surface area contributed by atoms with Crippen LogP contribution in [-0.2, 0) is 14.6 Å². The molecular weight excluding hydrogens is 416 g/mol. The summed E-state index contributed by atoms with van der Waals surface area (Å²) < 4.78 is 35.3. The molecule has 0 aliphatic carbocycles. The molecule has 0 aliphatic rings. The van der Waals surface area contributed by atoms with Gasteiger partial charge in [-0.05, 0) is 48.5 Å². The van der Waals surface area contributed by atoms with Crippen molar-refractivity contribution in [1.29, 1.82) is 0 Å². The minimum atomic E-state index is -4.16. The second kappa shape index (κ2) is 9.57. The Hall–Kier alpha value is -3.15. The van der Waals surface area contributed by atoms with Gasteiger partial charge in [0, 0.05) is 5.56 Å². The van der Waals surface area contributed by atoms with Crippen molar-refractivity contribution in [1.82, 2.24) is 10.8 Å². The molecule has 0 fully saturated rings. The average molecular weight is 438 g/mol. The smallest absolute Gasteiger partial charge is 0.278 e. The Morgan fingerprint density at radius 1 is 0.967 bits per heavy atom. The van der Waals surface area contributed by atoms with Crippen molar-refractivity contribution in [2.75, 3.05) is 26.5 Å². The van der Waals surface area contributed by atoms with Crippen LogP contribution in [0.15, 0.2) is 53.4 Å². The van der Waals surface area contributed by atoms with Gasteiger partial charge in [-0.3, -0.25) is 14.8 Å². The van der Waals surface area contributed by atoms with E-state index in [9.17, 15) is 23.1 Å².